The minimum Gasteiger partial charge on any atom is -0.492 e. The topological polar surface area (TPSA) is 101 Å². The van der Waals surface area contributed by atoms with Crippen LogP contribution >= 0.6 is 0 Å². The maximum atomic E-state index is 11.6. The Labute approximate surface area is 132 Å². The SMILES string of the molecule is O=C(/C=C/c1ccoc1)NCCOc1ccc(C(=O)NO)cc1. The van der Waals surface area contributed by atoms with Crippen molar-refractivity contribution in [2.45, 2.75) is 0 Å². The van der Waals surface area contributed by atoms with Crippen LogP contribution in [-0.2, 0) is 4.79 Å². The Balaban J connectivity index is 1.68. The Hall–Kier alpha value is -3.06. The molecule has 23 heavy (non-hydrogen) atoms. The summed E-state index contributed by atoms with van der Waals surface area (Å²) >= 11 is 0. The molecule has 0 saturated heterocycles. The van der Waals surface area contributed by atoms with E-state index >= 15 is 0 Å². The van der Waals surface area contributed by atoms with E-state index in [2.05, 4.69) is 5.32 Å². The van der Waals surface area contributed by atoms with Crippen molar-refractivity contribution in [3.8, 4) is 5.75 Å². The van der Waals surface area contributed by atoms with Crippen LogP contribution in [0.1, 0.15) is 15.9 Å². The first-order valence-corrected chi connectivity index (χ1v) is 6.84. The van der Waals surface area contributed by atoms with Crippen LogP contribution in [0.15, 0.2) is 53.4 Å². The van der Waals surface area contributed by atoms with Crippen LogP contribution in [0.3, 0.4) is 0 Å². The summed E-state index contributed by atoms with van der Waals surface area (Å²) in [6.07, 6.45) is 6.12. The molecule has 0 aliphatic rings. The van der Waals surface area contributed by atoms with Gasteiger partial charge in [0.25, 0.3) is 5.91 Å². The Morgan fingerprint density at radius 1 is 1.22 bits per heavy atom. The van der Waals surface area contributed by atoms with Gasteiger partial charge in [0.1, 0.15) is 12.4 Å². The van der Waals surface area contributed by atoms with Gasteiger partial charge in [-0.2, -0.15) is 0 Å². The molecular formula is C16H16N2O5. The van der Waals surface area contributed by atoms with Crippen LogP contribution in [-0.4, -0.2) is 30.2 Å². The van der Waals surface area contributed by atoms with Crippen molar-refractivity contribution in [3.05, 3.63) is 60.1 Å². The van der Waals surface area contributed by atoms with Crippen LogP contribution in [0.2, 0.25) is 0 Å². The van der Waals surface area contributed by atoms with Gasteiger partial charge in [-0.05, 0) is 36.4 Å². The van der Waals surface area contributed by atoms with Crippen molar-refractivity contribution in [2.24, 2.45) is 0 Å². The predicted molar refractivity (Wildman–Crippen MR) is 81.9 cm³/mol. The van der Waals surface area contributed by atoms with Crippen molar-refractivity contribution in [2.75, 3.05) is 13.2 Å². The molecule has 1 heterocycles. The van der Waals surface area contributed by atoms with Gasteiger partial charge in [-0.15, -0.1) is 0 Å². The highest BCUT2D eigenvalue weighted by Crippen LogP contribution is 2.11. The number of hydrogen-bond acceptors (Lipinski definition) is 5. The largest absolute Gasteiger partial charge is 0.492 e. The maximum absolute atomic E-state index is 11.6. The van der Waals surface area contributed by atoms with Gasteiger partial charge in [0.15, 0.2) is 0 Å². The van der Waals surface area contributed by atoms with Crippen LogP contribution < -0.4 is 15.5 Å². The lowest BCUT2D eigenvalue weighted by Crippen LogP contribution is -2.26. The fourth-order valence-corrected chi connectivity index (χ4v) is 1.71. The monoisotopic (exact) mass is 316 g/mol. The molecular weight excluding hydrogens is 300 g/mol. The number of nitrogens with one attached hydrogen (secondary N) is 2. The van der Waals surface area contributed by atoms with E-state index in [0.717, 1.165) is 5.56 Å². The smallest absolute Gasteiger partial charge is 0.274 e. The van der Waals surface area contributed by atoms with Crippen molar-refractivity contribution in [3.63, 3.8) is 0 Å². The molecule has 2 aromatic rings. The fraction of sp³-hybridized carbons (Fsp3) is 0.125. The lowest BCUT2D eigenvalue weighted by molar-refractivity contribution is -0.116. The second-order valence-corrected chi connectivity index (χ2v) is 4.49. The third-order valence-electron chi connectivity index (χ3n) is 2.86. The van der Waals surface area contributed by atoms with E-state index < -0.39 is 5.91 Å². The van der Waals surface area contributed by atoms with Gasteiger partial charge in [0.05, 0.1) is 19.1 Å². The van der Waals surface area contributed by atoms with Gasteiger partial charge in [-0.25, -0.2) is 5.48 Å². The molecule has 3 N–H and O–H groups in total. The Bertz CT molecular complexity index is 662. The Morgan fingerprint density at radius 3 is 2.65 bits per heavy atom. The summed E-state index contributed by atoms with van der Waals surface area (Å²) in [5, 5.41) is 11.2. The summed E-state index contributed by atoms with van der Waals surface area (Å²) in [5.41, 5.74) is 2.67. The zero-order chi connectivity index (χ0) is 16.5. The first-order valence-electron chi connectivity index (χ1n) is 6.84. The zero-order valence-corrected chi connectivity index (χ0v) is 12.2. The van der Waals surface area contributed by atoms with E-state index in [4.69, 9.17) is 14.4 Å². The quantitative estimate of drug-likeness (QED) is 0.312. The number of benzene rings is 1. The molecule has 0 saturated carbocycles. The third kappa shape index (κ3) is 5.33. The summed E-state index contributed by atoms with van der Waals surface area (Å²) < 4.78 is 10.3. The molecule has 0 atom stereocenters. The standard InChI is InChI=1S/C16H16N2O5/c19-15(6-1-12-7-9-22-11-12)17-8-10-23-14-4-2-13(3-5-14)16(20)18-21/h1-7,9,11,21H,8,10H2,(H,17,19)(H,18,20)/b6-1+. The highest BCUT2D eigenvalue weighted by Gasteiger charge is 2.03. The Morgan fingerprint density at radius 2 is 2.00 bits per heavy atom. The second kappa shape index (κ2) is 8.40. The maximum Gasteiger partial charge on any atom is 0.274 e. The molecule has 0 aliphatic heterocycles. The minimum atomic E-state index is -0.590. The van der Waals surface area contributed by atoms with E-state index in [1.807, 2.05) is 0 Å². The molecule has 2 amide bonds. The molecule has 0 bridgehead atoms. The van der Waals surface area contributed by atoms with Gasteiger partial charge in [0, 0.05) is 17.2 Å². The van der Waals surface area contributed by atoms with E-state index in [0.29, 0.717) is 17.9 Å². The molecule has 7 nitrogen and oxygen atoms in total. The van der Waals surface area contributed by atoms with Gasteiger partial charge in [-0.1, -0.05) is 0 Å². The minimum absolute atomic E-state index is 0.232. The molecule has 0 radical (unpaired) electrons. The average Bonchev–Trinajstić information content (AvgIpc) is 3.10. The van der Waals surface area contributed by atoms with Crippen molar-refractivity contribution >= 4 is 17.9 Å². The molecule has 0 fully saturated rings. The predicted octanol–water partition coefficient (Wildman–Crippen LogP) is 1.61. The first-order chi connectivity index (χ1) is 11.2. The molecule has 0 unspecified atom stereocenters. The summed E-state index contributed by atoms with van der Waals surface area (Å²) in [6, 6.07) is 7.99. The highest BCUT2D eigenvalue weighted by atomic mass is 16.5. The molecule has 0 spiro atoms. The van der Waals surface area contributed by atoms with E-state index in [1.165, 1.54) is 30.7 Å². The zero-order valence-electron chi connectivity index (χ0n) is 12.2. The van der Waals surface area contributed by atoms with E-state index in [9.17, 15) is 9.59 Å². The van der Waals surface area contributed by atoms with Crippen LogP contribution in [0.4, 0.5) is 0 Å². The molecule has 2 rings (SSSR count). The normalized spacial score (nSPS) is 10.5. The highest BCUT2D eigenvalue weighted by molar-refractivity contribution is 5.93. The van der Waals surface area contributed by atoms with E-state index in [1.54, 1.807) is 29.8 Å². The number of hydrogen-bond donors (Lipinski definition) is 3. The number of rotatable bonds is 7. The number of ether oxygens (including phenoxy) is 1. The average molecular weight is 316 g/mol. The molecule has 7 heteroatoms. The lowest BCUT2D eigenvalue weighted by Gasteiger charge is -2.07. The fourth-order valence-electron chi connectivity index (χ4n) is 1.71. The number of carbonyl (C=O) groups excluding carboxylic acids is 2. The van der Waals surface area contributed by atoms with Crippen LogP contribution in [0, 0.1) is 0 Å². The van der Waals surface area contributed by atoms with Gasteiger partial charge < -0.3 is 14.5 Å². The summed E-state index contributed by atoms with van der Waals surface area (Å²) in [6.45, 7) is 0.629. The summed E-state index contributed by atoms with van der Waals surface area (Å²) in [4.78, 5) is 22.7. The summed E-state index contributed by atoms with van der Waals surface area (Å²) in [7, 11) is 0. The number of carbonyl (C=O) groups is 2. The van der Waals surface area contributed by atoms with Crippen LogP contribution in [0.5, 0.6) is 5.75 Å². The van der Waals surface area contributed by atoms with Gasteiger partial charge >= 0.3 is 0 Å². The van der Waals surface area contributed by atoms with E-state index in [-0.39, 0.29) is 12.5 Å². The van der Waals surface area contributed by atoms with Gasteiger partial charge in [-0.3, -0.25) is 14.8 Å². The molecule has 120 valence electrons. The lowest BCUT2D eigenvalue weighted by atomic mass is 10.2. The van der Waals surface area contributed by atoms with Crippen LogP contribution in [0.25, 0.3) is 6.08 Å². The number of furan rings is 1. The molecule has 0 aliphatic carbocycles. The van der Waals surface area contributed by atoms with Crippen molar-refractivity contribution in [1.29, 1.82) is 0 Å². The third-order valence-corrected chi connectivity index (χ3v) is 2.86. The second-order valence-electron chi connectivity index (χ2n) is 4.49. The van der Waals surface area contributed by atoms with Crippen molar-refractivity contribution in [1.82, 2.24) is 10.8 Å². The first kappa shape index (κ1) is 16.3. The number of hydroxylamine groups is 1. The molecule has 1 aromatic heterocycles. The molecule has 1 aromatic carbocycles. The summed E-state index contributed by atoms with van der Waals surface area (Å²) in [5.74, 6) is -0.263. The van der Waals surface area contributed by atoms with Crippen molar-refractivity contribution < 1.29 is 24.0 Å². The number of amides is 2. The van der Waals surface area contributed by atoms with Gasteiger partial charge in [0.2, 0.25) is 5.91 Å². The Kier molecular flexibility index (Phi) is 5.96.